The second-order valence-corrected chi connectivity index (χ2v) is 6.83. The van der Waals surface area contributed by atoms with Crippen LogP contribution in [0, 0.1) is 0 Å². The van der Waals surface area contributed by atoms with Crippen molar-refractivity contribution in [2.45, 2.75) is 19.3 Å². The number of halogens is 1. The Bertz CT molecular complexity index is 749. The van der Waals surface area contributed by atoms with Crippen molar-refractivity contribution in [2.24, 2.45) is 0 Å². The first kappa shape index (κ1) is 18.4. The van der Waals surface area contributed by atoms with Crippen LogP contribution < -0.4 is 0 Å². The van der Waals surface area contributed by atoms with Crippen LogP contribution in [-0.4, -0.2) is 52.8 Å². The van der Waals surface area contributed by atoms with Gasteiger partial charge in [0.25, 0.3) is 5.91 Å². The second-order valence-electron chi connectivity index (χ2n) is 6.39. The van der Waals surface area contributed by atoms with Crippen LogP contribution in [0.4, 0.5) is 0 Å². The lowest BCUT2D eigenvalue weighted by molar-refractivity contribution is -0.131. The molecule has 0 bridgehead atoms. The molecule has 1 aliphatic rings. The lowest BCUT2D eigenvalue weighted by Gasteiger charge is -2.22. The van der Waals surface area contributed by atoms with Crippen LogP contribution in [0.5, 0.6) is 0 Å². The van der Waals surface area contributed by atoms with Crippen LogP contribution in [0.15, 0.2) is 48.8 Å². The van der Waals surface area contributed by atoms with E-state index in [0.29, 0.717) is 49.6 Å². The fraction of sp³-hybridized carbons (Fsp3) is 0.350. The minimum atomic E-state index is 0.00265. The first-order valence-corrected chi connectivity index (χ1v) is 9.23. The molecule has 6 heteroatoms. The summed E-state index contributed by atoms with van der Waals surface area (Å²) >= 11 is 5.89. The molecule has 1 aliphatic heterocycles. The van der Waals surface area contributed by atoms with Crippen molar-refractivity contribution < 1.29 is 9.59 Å². The van der Waals surface area contributed by atoms with E-state index in [1.165, 1.54) is 0 Å². The molecule has 1 fully saturated rings. The van der Waals surface area contributed by atoms with Gasteiger partial charge in [-0.15, -0.1) is 0 Å². The topological polar surface area (TPSA) is 53.5 Å². The molecule has 136 valence electrons. The highest BCUT2D eigenvalue weighted by Crippen LogP contribution is 2.13. The first-order valence-electron chi connectivity index (χ1n) is 8.85. The van der Waals surface area contributed by atoms with E-state index in [9.17, 15) is 9.59 Å². The number of hydrogen-bond acceptors (Lipinski definition) is 3. The minimum absolute atomic E-state index is 0.00265. The Kier molecular flexibility index (Phi) is 6.23. The van der Waals surface area contributed by atoms with Crippen LogP contribution in [0.3, 0.4) is 0 Å². The fourth-order valence-electron chi connectivity index (χ4n) is 3.11. The van der Waals surface area contributed by atoms with E-state index in [1.54, 1.807) is 24.5 Å². The van der Waals surface area contributed by atoms with Crippen molar-refractivity contribution in [3.63, 3.8) is 0 Å². The molecule has 0 saturated carbocycles. The van der Waals surface area contributed by atoms with Gasteiger partial charge in [0.2, 0.25) is 5.91 Å². The molecule has 1 aromatic heterocycles. The lowest BCUT2D eigenvalue weighted by Crippen LogP contribution is -2.37. The summed E-state index contributed by atoms with van der Waals surface area (Å²) in [6.45, 7) is 2.51. The number of aryl methyl sites for hydroxylation is 1. The van der Waals surface area contributed by atoms with Crippen molar-refractivity contribution in [2.75, 3.05) is 26.2 Å². The van der Waals surface area contributed by atoms with Crippen molar-refractivity contribution >= 4 is 23.4 Å². The zero-order valence-electron chi connectivity index (χ0n) is 14.6. The SMILES string of the molecule is O=C(CCc1ccc(Cl)cc1)N1CCCN(C(=O)c2ccncc2)CC1. The van der Waals surface area contributed by atoms with Gasteiger partial charge in [0.05, 0.1) is 0 Å². The maximum Gasteiger partial charge on any atom is 0.254 e. The van der Waals surface area contributed by atoms with E-state index >= 15 is 0 Å². The number of pyridine rings is 1. The van der Waals surface area contributed by atoms with Crippen LogP contribution in [0.2, 0.25) is 5.02 Å². The van der Waals surface area contributed by atoms with Gasteiger partial charge >= 0.3 is 0 Å². The molecule has 0 N–H and O–H groups in total. The summed E-state index contributed by atoms with van der Waals surface area (Å²) in [7, 11) is 0. The Labute approximate surface area is 158 Å². The normalized spacial score (nSPS) is 14.8. The zero-order valence-corrected chi connectivity index (χ0v) is 15.4. The van der Waals surface area contributed by atoms with Crippen LogP contribution in [0.1, 0.15) is 28.8 Å². The number of carbonyl (C=O) groups is 2. The highest BCUT2D eigenvalue weighted by molar-refractivity contribution is 6.30. The van der Waals surface area contributed by atoms with Gasteiger partial charge in [-0.2, -0.15) is 0 Å². The van der Waals surface area contributed by atoms with E-state index in [1.807, 2.05) is 34.1 Å². The van der Waals surface area contributed by atoms with Crippen molar-refractivity contribution in [1.29, 1.82) is 0 Å². The van der Waals surface area contributed by atoms with Gasteiger partial charge in [-0.25, -0.2) is 0 Å². The monoisotopic (exact) mass is 371 g/mol. The Morgan fingerprint density at radius 1 is 0.923 bits per heavy atom. The first-order chi connectivity index (χ1) is 12.6. The second kappa shape index (κ2) is 8.81. The van der Waals surface area contributed by atoms with Crippen molar-refractivity contribution in [1.82, 2.24) is 14.8 Å². The van der Waals surface area contributed by atoms with Gasteiger partial charge in [-0.3, -0.25) is 14.6 Å². The maximum absolute atomic E-state index is 12.6. The number of nitrogens with zero attached hydrogens (tertiary/aromatic N) is 3. The molecule has 0 radical (unpaired) electrons. The molecule has 2 amide bonds. The summed E-state index contributed by atoms with van der Waals surface area (Å²) < 4.78 is 0. The number of amides is 2. The fourth-order valence-corrected chi connectivity index (χ4v) is 3.23. The van der Waals surface area contributed by atoms with Crippen molar-refractivity contribution in [3.8, 4) is 0 Å². The lowest BCUT2D eigenvalue weighted by atomic mass is 10.1. The Balaban J connectivity index is 1.52. The zero-order chi connectivity index (χ0) is 18.4. The molecule has 0 atom stereocenters. The largest absolute Gasteiger partial charge is 0.341 e. The third-order valence-corrected chi connectivity index (χ3v) is 4.86. The number of rotatable bonds is 4. The van der Waals surface area contributed by atoms with Gasteiger partial charge < -0.3 is 9.80 Å². The summed E-state index contributed by atoms with van der Waals surface area (Å²) in [5.41, 5.74) is 1.74. The molecule has 26 heavy (non-hydrogen) atoms. The van der Waals surface area contributed by atoms with Gasteiger partial charge in [0.1, 0.15) is 0 Å². The Morgan fingerprint density at radius 3 is 2.31 bits per heavy atom. The quantitative estimate of drug-likeness (QED) is 0.830. The van der Waals surface area contributed by atoms with E-state index in [2.05, 4.69) is 4.98 Å². The van der Waals surface area contributed by atoms with Gasteiger partial charge in [0, 0.05) is 55.6 Å². The molecule has 1 aromatic carbocycles. The van der Waals surface area contributed by atoms with Crippen LogP contribution >= 0.6 is 11.6 Å². The highest BCUT2D eigenvalue weighted by atomic mass is 35.5. The standard InChI is InChI=1S/C20H22ClN3O2/c21-18-5-2-16(3-6-18)4-7-19(25)23-12-1-13-24(15-14-23)20(26)17-8-10-22-11-9-17/h2-3,5-6,8-11H,1,4,7,12-15H2. The molecular formula is C20H22ClN3O2. The van der Waals surface area contributed by atoms with Gasteiger partial charge in [0.15, 0.2) is 0 Å². The summed E-state index contributed by atoms with van der Waals surface area (Å²) in [6, 6.07) is 11.0. The minimum Gasteiger partial charge on any atom is -0.341 e. The summed E-state index contributed by atoms with van der Waals surface area (Å²) in [6.07, 6.45) is 5.21. The molecule has 2 heterocycles. The molecule has 0 spiro atoms. The highest BCUT2D eigenvalue weighted by Gasteiger charge is 2.22. The molecule has 0 unspecified atom stereocenters. The van der Waals surface area contributed by atoms with E-state index < -0.39 is 0 Å². The average Bonchev–Trinajstić information content (AvgIpc) is 2.94. The number of carbonyl (C=O) groups excluding carboxylic acids is 2. The molecule has 5 nitrogen and oxygen atoms in total. The molecule has 1 saturated heterocycles. The van der Waals surface area contributed by atoms with Gasteiger partial charge in [-0.05, 0) is 42.7 Å². The third kappa shape index (κ3) is 4.82. The third-order valence-electron chi connectivity index (χ3n) is 4.60. The molecular weight excluding hydrogens is 350 g/mol. The van der Waals surface area contributed by atoms with Gasteiger partial charge in [-0.1, -0.05) is 23.7 Å². The van der Waals surface area contributed by atoms with E-state index in [4.69, 9.17) is 11.6 Å². The number of hydrogen-bond donors (Lipinski definition) is 0. The molecule has 0 aliphatic carbocycles. The Morgan fingerprint density at radius 2 is 1.58 bits per heavy atom. The van der Waals surface area contributed by atoms with Crippen LogP contribution in [0.25, 0.3) is 0 Å². The Hall–Kier alpha value is -2.40. The van der Waals surface area contributed by atoms with E-state index in [-0.39, 0.29) is 11.8 Å². The molecule has 2 aromatic rings. The number of benzene rings is 1. The molecule has 3 rings (SSSR count). The summed E-state index contributed by atoms with van der Waals surface area (Å²) in [5.74, 6) is 0.140. The summed E-state index contributed by atoms with van der Waals surface area (Å²) in [5, 5.41) is 0.701. The number of aromatic nitrogens is 1. The maximum atomic E-state index is 12.6. The average molecular weight is 372 g/mol. The smallest absolute Gasteiger partial charge is 0.254 e. The predicted octanol–water partition coefficient (Wildman–Crippen LogP) is 3.04. The van der Waals surface area contributed by atoms with Crippen molar-refractivity contribution in [3.05, 3.63) is 64.9 Å². The van der Waals surface area contributed by atoms with E-state index in [0.717, 1.165) is 12.0 Å². The summed E-state index contributed by atoms with van der Waals surface area (Å²) in [4.78, 5) is 32.7. The predicted molar refractivity (Wildman–Crippen MR) is 101 cm³/mol. The van der Waals surface area contributed by atoms with Crippen LogP contribution in [-0.2, 0) is 11.2 Å².